The minimum atomic E-state index is -0.0939. The highest BCUT2D eigenvalue weighted by atomic mass is 35.5. The highest BCUT2D eigenvalue weighted by Gasteiger charge is 2.07. The third-order valence-corrected chi connectivity index (χ3v) is 4.37. The van der Waals surface area contributed by atoms with Crippen molar-refractivity contribution < 1.29 is 9.90 Å². The molecule has 2 aromatic rings. The van der Waals surface area contributed by atoms with E-state index >= 15 is 0 Å². The molecule has 3 nitrogen and oxygen atoms in total. The van der Waals surface area contributed by atoms with Crippen molar-refractivity contribution in [2.75, 3.05) is 23.9 Å². The molecular formula is C21H24ClNO2. The largest absolute Gasteiger partial charge is 0.508 e. The van der Waals surface area contributed by atoms with E-state index in [9.17, 15) is 9.90 Å². The SMILES string of the molecule is CCN(CC)c1ccc(C=CC(=O)c2ccc(O)c(CCCl)c2)cc1. The molecule has 0 aliphatic carbocycles. The van der Waals surface area contributed by atoms with Crippen LogP contribution in [-0.4, -0.2) is 29.9 Å². The van der Waals surface area contributed by atoms with E-state index in [0.717, 1.165) is 18.7 Å². The van der Waals surface area contributed by atoms with E-state index in [1.807, 2.05) is 18.2 Å². The zero-order valence-electron chi connectivity index (χ0n) is 14.7. The van der Waals surface area contributed by atoms with Crippen LogP contribution in [0.3, 0.4) is 0 Å². The third-order valence-electron chi connectivity index (χ3n) is 4.18. The molecule has 0 aliphatic rings. The van der Waals surface area contributed by atoms with Gasteiger partial charge in [-0.15, -0.1) is 11.6 Å². The van der Waals surface area contributed by atoms with Crippen LogP contribution < -0.4 is 4.90 Å². The van der Waals surface area contributed by atoms with Crippen LogP contribution in [0, 0.1) is 0 Å². The number of hydrogen-bond acceptors (Lipinski definition) is 3. The second-order valence-electron chi connectivity index (χ2n) is 5.74. The molecule has 0 aromatic heterocycles. The Morgan fingerprint density at radius 3 is 2.40 bits per heavy atom. The van der Waals surface area contributed by atoms with Gasteiger partial charge in [0.25, 0.3) is 0 Å². The first-order valence-electron chi connectivity index (χ1n) is 8.54. The van der Waals surface area contributed by atoms with Gasteiger partial charge in [-0.2, -0.15) is 0 Å². The van der Waals surface area contributed by atoms with Gasteiger partial charge in [-0.05, 0) is 67.8 Å². The number of benzene rings is 2. The summed E-state index contributed by atoms with van der Waals surface area (Å²) in [4.78, 5) is 14.6. The van der Waals surface area contributed by atoms with Crippen molar-refractivity contribution in [3.63, 3.8) is 0 Å². The Kier molecular flexibility index (Phi) is 7.08. The fourth-order valence-corrected chi connectivity index (χ4v) is 2.90. The second kappa shape index (κ2) is 9.28. The second-order valence-corrected chi connectivity index (χ2v) is 6.12. The summed E-state index contributed by atoms with van der Waals surface area (Å²) in [5, 5.41) is 9.78. The number of halogens is 1. The number of nitrogens with zero attached hydrogens (tertiary/aromatic N) is 1. The van der Waals surface area contributed by atoms with E-state index in [4.69, 9.17) is 11.6 Å². The van der Waals surface area contributed by atoms with Crippen molar-refractivity contribution in [1.29, 1.82) is 0 Å². The predicted molar refractivity (Wildman–Crippen MR) is 106 cm³/mol. The first-order valence-corrected chi connectivity index (χ1v) is 9.07. The standard InChI is InChI=1S/C21H24ClNO2/c1-3-23(4-2)19-9-5-16(6-10-19)7-11-20(24)17-8-12-21(25)18(15-17)13-14-22/h5-12,15,25H,3-4,13-14H2,1-2H3. The van der Waals surface area contributed by atoms with E-state index in [0.29, 0.717) is 23.4 Å². The van der Waals surface area contributed by atoms with Crippen molar-refractivity contribution in [2.45, 2.75) is 20.3 Å². The first-order chi connectivity index (χ1) is 12.1. The summed E-state index contributed by atoms with van der Waals surface area (Å²) >= 11 is 5.72. The Balaban J connectivity index is 2.11. The normalized spacial score (nSPS) is 11.0. The number of phenolic OH excluding ortho intramolecular Hbond substituents is 1. The molecule has 0 spiro atoms. The number of allylic oxidation sites excluding steroid dienone is 1. The number of aryl methyl sites for hydroxylation is 1. The lowest BCUT2D eigenvalue weighted by atomic mass is 10.0. The number of phenols is 1. The van der Waals surface area contributed by atoms with Gasteiger partial charge in [-0.25, -0.2) is 0 Å². The lowest BCUT2D eigenvalue weighted by Crippen LogP contribution is -2.21. The van der Waals surface area contributed by atoms with Gasteiger partial charge in [-0.3, -0.25) is 4.79 Å². The maximum absolute atomic E-state index is 12.3. The Morgan fingerprint density at radius 1 is 1.12 bits per heavy atom. The molecule has 0 amide bonds. The number of anilines is 1. The summed E-state index contributed by atoms with van der Waals surface area (Å²) < 4.78 is 0. The molecule has 0 heterocycles. The third kappa shape index (κ3) is 5.10. The summed E-state index contributed by atoms with van der Waals surface area (Å²) in [6.07, 6.45) is 3.90. The highest BCUT2D eigenvalue weighted by molar-refractivity contribution is 6.18. The van der Waals surface area contributed by atoms with Crippen LogP contribution in [0.1, 0.15) is 35.3 Å². The number of hydrogen-bond donors (Lipinski definition) is 1. The smallest absolute Gasteiger partial charge is 0.185 e. The van der Waals surface area contributed by atoms with Gasteiger partial charge in [0.05, 0.1) is 0 Å². The van der Waals surface area contributed by atoms with E-state index in [2.05, 4.69) is 30.9 Å². The Bertz CT molecular complexity index is 734. The Hall–Kier alpha value is -2.26. The van der Waals surface area contributed by atoms with Crippen molar-refractivity contribution in [3.8, 4) is 5.75 Å². The number of rotatable bonds is 8. The molecule has 0 unspecified atom stereocenters. The number of alkyl halides is 1. The van der Waals surface area contributed by atoms with Gasteiger partial charge in [0.2, 0.25) is 0 Å². The fourth-order valence-electron chi connectivity index (χ4n) is 2.69. The fraction of sp³-hybridized carbons (Fsp3) is 0.286. The van der Waals surface area contributed by atoms with Crippen LogP contribution in [-0.2, 0) is 6.42 Å². The molecule has 25 heavy (non-hydrogen) atoms. The molecule has 0 bridgehead atoms. The maximum atomic E-state index is 12.3. The molecule has 4 heteroatoms. The summed E-state index contributed by atoms with van der Waals surface area (Å²) in [6.45, 7) is 6.20. The van der Waals surface area contributed by atoms with E-state index in [1.54, 1.807) is 24.3 Å². The van der Waals surface area contributed by atoms with Crippen molar-refractivity contribution in [3.05, 3.63) is 65.2 Å². The summed E-state index contributed by atoms with van der Waals surface area (Å²) in [6, 6.07) is 13.0. The molecule has 0 atom stereocenters. The minimum Gasteiger partial charge on any atom is -0.508 e. The zero-order valence-corrected chi connectivity index (χ0v) is 15.5. The molecular weight excluding hydrogens is 334 g/mol. The molecule has 2 aromatic carbocycles. The predicted octanol–water partition coefficient (Wildman–Crippen LogP) is 4.92. The van der Waals surface area contributed by atoms with Crippen molar-refractivity contribution in [1.82, 2.24) is 0 Å². The van der Waals surface area contributed by atoms with Gasteiger partial charge in [0.15, 0.2) is 5.78 Å². The first kappa shape index (κ1) is 19.1. The Morgan fingerprint density at radius 2 is 1.80 bits per heavy atom. The van der Waals surface area contributed by atoms with Gasteiger partial charge in [-0.1, -0.05) is 18.2 Å². The molecule has 132 valence electrons. The molecule has 2 rings (SSSR count). The van der Waals surface area contributed by atoms with Gasteiger partial charge < -0.3 is 10.0 Å². The van der Waals surface area contributed by atoms with E-state index in [1.165, 1.54) is 5.69 Å². The van der Waals surface area contributed by atoms with E-state index < -0.39 is 0 Å². The van der Waals surface area contributed by atoms with Gasteiger partial charge >= 0.3 is 0 Å². The average molecular weight is 358 g/mol. The molecule has 0 saturated carbocycles. The molecule has 0 aliphatic heterocycles. The average Bonchev–Trinajstić information content (AvgIpc) is 2.64. The summed E-state index contributed by atoms with van der Waals surface area (Å²) in [7, 11) is 0. The molecule has 0 radical (unpaired) electrons. The lowest BCUT2D eigenvalue weighted by Gasteiger charge is -2.20. The van der Waals surface area contributed by atoms with Crippen LogP contribution in [0.5, 0.6) is 5.75 Å². The topological polar surface area (TPSA) is 40.5 Å². The van der Waals surface area contributed by atoms with Crippen LogP contribution in [0.2, 0.25) is 0 Å². The summed E-state index contributed by atoms with van der Waals surface area (Å²) in [5.41, 5.74) is 3.40. The monoisotopic (exact) mass is 357 g/mol. The number of ketones is 1. The van der Waals surface area contributed by atoms with Crippen LogP contribution >= 0.6 is 11.6 Å². The maximum Gasteiger partial charge on any atom is 0.185 e. The summed E-state index contributed by atoms with van der Waals surface area (Å²) in [5.74, 6) is 0.483. The molecule has 0 saturated heterocycles. The Labute approximate surface area is 154 Å². The quantitative estimate of drug-likeness (QED) is 0.414. The minimum absolute atomic E-state index is 0.0939. The van der Waals surface area contributed by atoms with Gasteiger partial charge in [0.1, 0.15) is 5.75 Å². The number of aromatic hydroxyl groups is 1. The molecule has 1 N–H and O–H groups in total. The van der Waals surface area contributed by atoms with Crippen LogP contribution in [0.15, 0.2) is 48.5 Å². The molecule has 0 fully saturated rings. The lowest BCUT2D eigenvalue weighted by molar-refractivity contribution is 0.104. The van der Waals surface area contributed by atoms with Crippen LogP contribution in [0.25, 0.3) is 6.08 Å². The van der Waals surface area contributed by atoms with Crippen molar-refractivity contribution in [2.24, 2.45) is 0 Å². The zero-order chi connectivity index (χ0) is 18.2. The van der Waals surface area contributed by atoms with Gasteiger partial charge in [0, 0.05) is 30.2 Å². The van der Waals surface area contributed by atoms with Crippen molar-refractivity contribution >= 4 is 29.1 Å². The van der Waals surface area contributed by atoms with E-state index in [-0.39, 0.29) is 11.5 Å². The number of carbonyl (C=O) groups is 1. The number of carbonyl (C=O) groups excluding carboxylic acids is 1. The highest BCUT2D eigenvalue weighted by Crippen LogP contribution is 2.20. The van der Waals surface area contributed by atoms with Crippen LogP contribution in [0.4, 0.5) is 5.69 Å².